The van der Waals surface area contributed by atoms with E-state index in [4.69, 9.17) is 16.6 Å². The first-order valence-electron chi connectivity index (χ1n) is 9.10. The summed E-state index contributed by atoms with van der Waals surface area (Å²) in [6.07, 6.45) is 6.80. The van der Waals surface area contributed by atoms with Crippen LogP contribution in [0.5, 0.6) is 0 Å². The van der Waals surface area contributed by atoms with Gasteiger partial charge in [-0.3, -0.25) is 14.8 Å². The fourth-order valence-corrected chi connectivity index (χ4v) is 3.82. The van der Waals surface area contributed by atoms with Crippen molar-refractivity contribution in [1.29, 1.82) is 0 Å². The number of H-pyrrole nitrogens is 1. The predicted octanol–water partition coefficient (Wildman–Crippen LogP) is 5.16. The molecule has 0 fully saturated rings. The van der Waals surface area contributed by atoms with Crippen LogP contribution < -0.4 is 5.43 Å². The third-order valence-corrected chi connectivity index (χ3v) is 5.31. The minimum absolute atomic E-state index is 0.0847. The van der Waals surface area contributed by atoms with E-state index in [1.54, 1.807) is 24.8 Å². The van der Waals surface area contributed by atoms with Gasteiger partial charge in [0.1, 0.15) is 5.65 Å². The first kappa shape index (κ1) is 17.5. The highest BCUT2D eigenvalue weighted by Gasteiger charge is 2.15. The average molecular weight is 399 g/mol. The summed E-state index contributed by atoms with van der Waals surface area (Å²) in [6.45, 7) is 2.03. The highest BCUT2D eigenvalue weighted by atomic mass is 35.5. The number of hydrogen-bond acceptors (Lipinski definition) is 4. The molecule has 0 atom stereocenters. The second kappa shape index (κ2) is 6.79. The summed E-state index contributed by atoms with van der Waals surface area (Å²) in [5.74, 6) is 0. The number of nitrogens with zero attached hydrogens (tertiary/aromatic N) is 3. The molecular weight excluding hydrogens is 384 g/mol. The molecule has 0 spiro atoms. The van der Waals surface area contributed by atoms with Crippen LogP contribution in [-0.4, -0.2) is 19.9 Å². The second-order valence-corrected chi connectivity index (χ2v) is 7.25. The van der Waals surface area contributed by atoms with Crippen LogP contribution in [0.3, 0.4) is 0 Å². The number of aryl methyl sites for hydroxylation is 1. The van der Waals surface area contributed by atoms with Gasteiger partial charge in [-0.25, -0.2) is 4.98 Å². The van der Waals surface area contributed by atoms with E-state index >= 15 is 0 Å². The molecule has 0 bridgehead atoms. The highest BCUT2D eigenvalue weighted by Crippen LogP contribution is 2.36. The molecule has 0 amide bonds. The molecule has 0 aliphatic rings. The van der Waals surface area contributed by atoms with Crippen LogP contribution in [0, 0.1) is 6.92 Å². The van der Waals surface area contributed by atoms with Crippen LogP contribution >= 0.6 is 11.6 Å². The van der Waals surface area contributed by atoms with Gasteiger partial charge in [-0.2, -0.15) is 0 Å². The third kappa shape index (κ3) is 2.96. The Kier molecular flexibility index (Phi) is 4.11. The Labute approximate surface area is 171 Å². The first-order valence-corrected chi connectivity index (χ1v) is 9.48. The number of nitrogens with one attached hydrogen (secondary N) is 1. The molecule has 0 radical (unpaired) electrons. The van der Waals surface area contributed by atoms with E-state index in [0.717, 1.165) is 38.9 Å². The molecule has 5 aromatic rings. The minimum atomic E-state index is -0.0847. The number of halogens is 1. The summed E-state index contributed by atoms with van der Waals surface area (Å²) in [4.78, 5) is 28.8. The quantitative estimate of drug-likeness (QED) is 0.445. The SMILES string of the molecule is Cc1ccnc2c(Cl)cc(-c3cc4c(=O)cc[nH]c4nc3-c3ccncc3)cc12. The molecule has 1 N–H and O–H groups in total. The lowest BCUT2D eigenvalue weighted by atomic mass is 9.96. The fourth-order valence-electron chi connectivity index (χ4n) is 3.55. The Hall–Kier alpha value is -3.57. The van der Waals surface area contributed by atoms with Crippen molar-refractivity contribution in [3.8, 4) is 22.4 Å². The van der Waals surface area contributed by atoms with E-state index < -0.39 is 0 Å². The van der Waals surface area contributed by atoms with E-state index in [1.807, 2.05) is 43.3 Å². The number of aromatic amines is 1. The minimum Gasteiger partial charge on any atom is -0.346 e. The van der Waals surface area contributed by atoms with E-state index in [9.17, 15) is 4.79 Å². The standard InChI is InChI=1S/C23H15ClN4O/c1-13-2-8-26-22-16(13)10-15(11-19(22)24)17-12-18-20(29)5-9-27-23(18)28-21(17)14-3-6-25-7-4-14/h2-12H,1H3,(H,27,28,29). The molecule has 5 rings (SSSR count). The van der Waals surface area contributed by atoms with Crippen LogP contribution in [-0.2, 0) is 0 Å². The van der Waals surface area contributed by atoms with Gasteiger partial charge >= 0.3 is 0 Å². The molecule has 4 heterocycles. The third-order valence-electron chi connectivity index (χ3n) is 5.02. The van der Waals surface area contributed by atoms with Crippen LogP contribution in [0.25, 0.3) is 44.3 Å². The molecule has 0 aliphatic heterocycles. The van der Waals surface area contributed by atoms with Crippen molar-refractivity contribution in [1.82, 2.24) is 19.9 Å². The van der Waals surface area contributed by atoms with E-state index in [1.165, 1.54) is 6.07 Å². The number of rotatable bonds is 2. The van der Waals surface area contributed by atoms with Crippen molar-refractivity contribution in [3.05, 3.63) is 88.1 Å². The van der Waals surface area contributed by atoms with Gasteiger partial charge in [0.15, 0.2) is 5.43 Å². The lowest BCUT2D eigenvalue weighted by molar-refractivity contribution is 1.26. The number of fused-ring (bicyclic) bond motifs is 2. The van der Waals surface area contributed by atoms with Gasteiger partial charge < -0.3 is 4.98 Å². The van der Waals surface area contributed by atoms with Crippen LogP contribution in [0.4, 0.5) is 0 Å². The second-order valence-electron chi connectivity index (χ2n) is 6.84. The number of benzene rings is 1. The van der Waals surface area contributed by atoms with Crippen molar-refractivity contribution >= 4 is 33.5 Å². The molecule has 6 heteroatoms. The molecule has 5 nitrogen and oxygen atoms in total. The van der Waals surface area contributed by atoms with Gasteiger partial charge in [-0.05, 0) is 54.4 Å². The molecular formula is C23H15ClN4O. The fraction of sp³-hybridized carbons (Fsp3) is 0.0435. The van der Waals surface area contributed by atoms with Crippen molar-refractivity contribution in [2.24, 2.45) is 0 Å². The van der Waals surface area contributed by atoms with Crippen LogP contribution in [0.1, 0.15) is 5.56 Å². The molecule has 0 saturated carbocycles. The van der Waals surface area contributed by atoms with Crippen LogP contribution in [0.2, 0.25) is 5.02 Å². The summed E-state index contributed by atoms with van der Waals surface area (Å²) in [5, 5.41) is 2.06. The molecule has 0 aliphatic carbocycles. The number of pyridine rings is 4. The Morgan fingerprint density at radius 3 is 2.59 bits per heavy atom. The zero-order chi connectivity index (χ0) is 20.0. The smallest absolute Gasteiger partial charge is 0.191 e. The van der Waals surface area contributed by atoms with Crippen molar-refractivity contribution < 1.29 is 0 Å². The topological polar surface area (TPSA) is 71.5 Å². The van der Waals surface area contributed by atoms with Crippen LogP contribution in [0.15, 0.2) is 72.0 Å². The monoisotopic (exact) mass is 398 g/mol. The summed E-state index contributed by atoms with van der Waals surface area (Å²) in [6, 6.07) is 13.1. The van der Waals surface area contributed by atoms with Crippen molar-refractivity contribution in [2.45, 2.75) is 6.92 Å². The maximum Gasteiger partial charge on any atom is 0.191 e. The van der Waals surface area contributed by atoms with Gasteiger partial charge in [-0.15, -0.1) is 0 Å². The van der Waals surface area contributed by atoms with Crippen molar-refractivity contribution in [2.75, 3.05) is 0 Å². The zero-order valence-electron chi connectivity index (χ0n) is 15.5. The molecule has 0 saturated heterocycles. The maximum absolute atomic E-state index is 12.4. The number of hydrogen-bond donors (Lipinski definition) is 1. The van der Waals surface area contributed by atoms with Crippen molar-refractivity contribution in [3.63, 3.8) is 0 Å². The Morgan fingerprint density at radius 2 is 1.76 bits per heavy atom. The maximum atomic E-state index is 12.4. The largest absolute Gasteiger partial charge is 0.346 e. The molecule has 4 aromatic heterocycles. The summed E-state index contributed by atoms with van der Waals surface area (Å²) in [5.41, 5.74) is 5.65. The van der Waals surface area contributed by atoms with E-state index in [-0.39, 0.29) is 5.43 Å². The van der Waals surface area contributed by atoms with E-state index in [0.29, 0.717) is 16.1 Å². The summed E-state index contributed by atoms with van der Waals surface area (Å²) in [7, 11) is 0. The predicted molar refractivity (Wildman–Crippen MR) is 116 cm³/mol. The first-order chi connectivity index (χ1) is 14.1. The normalized spacial score (nSPS) is 11.2. The Balaban J connectivity index is 1.89. The molecule has 1 aromatic carbocycles. The molecule has 140 valence electrons. The van der Waals surface area contributed by atoms with Gasteiger partial charge in [0, 0.05) is 47.4 Å². The van der Waals surface area contributed by atoms with Gasteiger partial charge in [-0.1, -0.05) is 11.6 Å². The number of aromatic nitrogens is 4. The van der Waals surface area contributed by atoms with Gasteiger partial charge in [0.2, 0.25) is 0 Å². The Bertz CT molecular complexity index is 1440. The highest BCUT2D eigenvalue weighted by molar-refractivity contribution is 6.35. The Morgan fingerprint density at radius 1 is 0.931 bits per heavy atom. The van der Waals surface area contributed by atoms with E-state index in [2.05, 4.69) is 15.0 Å². The molecule has 0 unspecified atom stereocenters. The summed E-state index contributed by atoms with van der Waals surface area (Å²) < 4.78 is 0. The van der Waals surface area contributed by atoms with Gasteiger partial charge in [0.25, 0.3) is 0 Å². The lowest BCUT2D eigenvalue weighted by Crippen LogP contribution is -2.03. The lowest BCUT2D eigenvalue weighted by Gasteiger charge is -2.13. The molecule has 29 heavy (non-hydrogen) atoms. The summed E-state index contributed by atoms with van der Waals surface area (Å²) >= 11 is 6.57. The average Bonchev–Trinajstić information content (AvgIpc) is 2.74. The zero-order valence-corrected chi connectivity index (χ0v) is 16.2. The van der Waals surface area contributed by atoms with Gasteiger partial charge in [0.05, 0.1) is 21.6 Å².